The third-order valence-corrected chi connectivity index (χ3v) is 2.97. The van der Waals surface area contributed by atoms with Crippen LogP contribution in [0.5, 0.6) is 0 Å². The SMILES string of the molecule is C#CCC1NC(=O)N(c2cc(C(C)(C)C)on2)C1O. The van der Waals surface area contributed by atoms with E-state index >= 15 is 0 Å². The van der Waals surface area contributed by atoms with Crippen molar-refractivity contribution in [3.63, 3.8) is 0 Å². The number of carbonyl (C=O) groups is 1. The van der Waals surface area contributed by atoms with Crippen molar-refractivity contribution >= 4 is 11.8 Å². The number of aromatic nitrogens is 1. The molecule has 1 saturated heterocycles. The van der Waals surface area contributed by atoms with Crippen LogP contribution in [0.1, 0.15) is 33.0 Å². The number of amides is 2. The number of hydrogen-bond donors (Lipinski definition) is 2. The molecule has 1 aromatic heterocycles. The molecule has 0 bridgehead atoms. The number of aliphatic hydroxyl groups excluding tert-OH is 1. The highest BCUT2D eigenvalue weighted by Gasteiger charge is 2.40. The number of nitrogens with one attached hydrogen (secondary N) is 1. The Morgan fingerprint density at radius 3 is 2.84 bits per heavy atom. The molecule has 0 saturated carbocycles. The lowest BCUT2D eigenvalue weighted by atomic mass is 9.93. The molecule has 1 aliphatic heterocycles. The molecule has 2 N–H and O–H groups in total. The first-order valence-corrected chi connectivity index (χ1v) is 6.03. The quantitative estimate of drug-likeness (QED) is 0.786. The van der Waals surface area contributed by atoms with E-state index < -0.39 is 18.3 Å². The summed E-state index contributed by atoms with van der Waals surface area (Å²) in [5, 5.41) is 16.5. The second-order valence-corrected chi connectivity index (χ2v) is 5.55. The maximum atomic E-state index is 11.8. The van der Waals surface area contributed by atoms with Crippen LogP contribution >= 0.6 is 0 Å². The predicted octanol–water partition coefficient (Wildman–Crippen LogP) is 1.21. The van der Waals surface area contributed by atoms with Crippen molar-refractivity contribution in [2.75, 3.05) is 4.90 Å². The van der Waals surface area contributed by atoms with E-state index in [-0.39, 0.29) is 17.7 Å². The first-order chi connectivity index (χ1) is 8.84. The van der Waals surface area contributed by atoms with E-state index in [9.17, 15) is 9.90 Å². The number of carbonyl (C=O) groups excluding carboxylic acids is 1. The second kappa shape index (κ2) is 4.59. The Labute approximate surface area is 111 Å². The zero-order chi connectivity index (χ0) is 14.2. The van der Waals surface area contributed by atoms with E-state index in [1.165, 1.54) is 0 Å². The molecule has 1 aliphatic rings. The first kappa shape index (κ1) is 13.4. The lowest BCUT2D eigenvalue weighted by molar-refractivity contribution is 0.161. The molecule has 1 aromatic rings. The van der Waals surface area contributed by atoms with E-state index in [0.717, 1.165) is 4.90 Å². The fourth-order valence-corrected chi connectivity index (χ4v) is 1.86. The molecule has 1 fully saturated rings. The smallest absolute Gasteiger partial charge is 0.325 e. The fourth-order valence-electron chi connectivity index (χ4n) is 1.86. The number of terminal acetylenes is 1. The van der Waals surface area contributed by atoms with Gasteiger partial charge in [0, 0.05) is 17.9 Å². The Balaban J connectivity index is 2.25. The van der Waals surface area contributed by atoms with Gasteiger partial charge in [-0.1, -0.05) is 25.9 Å². The third kappa shape index (κ3) is 2.42. The number of anilines is 1. The van der Waals surface area contributed by atoms with Gasteiger partial charge in [0.1, 0.15) is 5.76 Å². The topological polar surface area (TPSA) is 78.6 Å². The average Bonchev–Trinajstić information content (AvgIpc) is 2.85. The highest BCUT2D eigenvalue weighted by Crippen LogP contribution is 2.28. The number of urea groups is 1. The summed E-state index contributed by atoms with van der Waals surface area (Å²) in [7, 11) is 0. The molecule has 0 radical (unpaired) electrons. The molecule has 2 amide bonds. The van der Waals surface area contributed by atoms with Crippen LogP contribution in [0.15, 0.2) is 10.6 Å². The highest BCUT2D eigenvalue weighted by atomic mass is 16.5. The standard InChI is InChI=1S/C13H17N3O3/c1-5-6-8-11(17)16(12(18)14-8)10-7-9(19-15-10)13(2,3)4/h1,7-8,11,17H,6H2,2-4H3,(H,14,18). The van der Waals surface area contributed by atoms with E-state index in [1.807, 2.05) is 20.8 Å². The van der Waals surface area contributed by atoms with Crippen LogP contribution in [-0.4, -0.2) is 28.6 Å². The summed E-state index contributed by atoms with van der Waals surface area (Å²) in [6, 6.07) is 0.731. The van der Waals surface area contributed by atoms with Crippen molar-refractivity contribution in [1.82, 2.24) is 10.5 Å². The molecule has 2 unspecified atom stereocenters. The number of aliphatic hydroxyl groups is 1. The number of nitrogens with zero attached hydrogens (tertiary/aromatic N) is 2. The monoisotopic (exact) mass is 263 g/mol. The number of hydrogen-bond acceptors (Lipinski definition) is 4. The minimum absolute atomic E-state index is 0.218. The Kier molecular flexibility index (Phi) is 3.25. The van der Waals surface area contributed by atoms with Crippen molar-refractivity contribution < 1.29 is 14.4 Å². The summed E-state index contributed by atoms with van der Waals surface area (Å²) in [6.45, 7) is 5.91. The van der Waals surface area contributed by atoms with Gasteiger partial charge in [0.15, 0.2) is 12.0 Å². The summed E-state index contributed by atoms with van der Waals surface area (Å²) < 4.78 is 5.21. The van der Waals surface area contributed by atoms with Crippen LogP contribution in [0.2, 0.25) is 0 Å². The van der Waals surface area contributed by atoms with Crippen molar-refractivity contribution in [1.29, 1.82) is 0 Å². The van der Waals surface area contributed by atoms with E-state index in [0.29, 0.717) is 5.76 Å². The average molecular weight is 263 g/mol. The van der Waals surface area contributed by atoms with Gasteiger partial charge in [0.2, 0.25) is 0 Å². The van der Waals surface area contributed by atoms with Gasteiger partial charge in [-0.2, -0.15) is 0 Å². The summed E-state index contributed by atoms with van der Waals surface area (Å²) in [5.74, 6) is 3.34. The second-order valence-electron chi connectivity index (χ2n) is 5.55. The molecule has 2 heterocycles. The Morgan fingerprint density at radius 1 is 1.63 bits per heavy atom. The molecule has 0 aromatic carbocycles. The molecule has 2 atom stereocenters. The summed E-state index contributed by atoms with van der Waals surface area (Å²) in [6.07, 6.45) is 4.41. The molecular formula is C13H17N3O3. The van der Waals surface area contributed by atoms with Gasteiger partial charge >= 0.3 is 6.03 Å². The Morgan fingerprint density at radius 2 is 2.32 bits per heavy atom. The van der Waals surface area contributed by atoms with Gasteiger partial charge in [-0.3, -0.25) is 0 Å². The Hall–Kier alpha value is -2.00. The summed E-state index contributed by atoms with van der Waals surface area (Å²) >= 11 is 0. The van der Waals surface area contributed by atoms with Crippen LogP contribution in [0, 0.1) is 12.3 Å². The van der Waals surface area contributed by atoms with Crippen molar-refractivity contribution in [3.05, 3.63) is 11.8 Å². The van der Waals surface area contributed by atoms with Crippen LogP contribution in [-0.2, 0) is 5.41 Å². The zero-order valence-electron chi connectivity index (χ0n) is 11.2. The third-order valence-electron chi connectivity index (χ3n) is 2.97. The largest absolute Gasteiger partial charge is 0.371 e. The fraction of sp³-hybridized carbons (Fsp3) is 0.538. The molecule has 19 heavy (non-hydrogen) atoms. The van der Waals surface area contributed by atoms with Crippen molar-refractivity contribution in [2.24, 2.45) is 0 Å². The van der Waals surface area contributed by atoms with Crippen LogP contribution < -0.4 is 10.2 Å². The highest BCUT2D eigenvalue weighted by molar-refractivity contribution is 5.94. The maximum absolute atomic E-state index is 11.8. The van der Waals surface area contributed by atoms with Crippen LogP contribution in [0.25, 0.3) is 0 Å². The van der Waals surface area contributed by atoms with Crippen LogP contribution in [0.3, 0.4) is 0 Å². The summed E-state index contributed by atoms with van der Waals surface area (Å²) in [5.41, 5.74) is -0.218. The van der Waals surface area contributed by atoms with Gasteiger partial charge in [-0.25, -0.2) is 9.69 Å². The van der Waals surface area contributed by atoms with Crippen molar-refractivity contribution in [3.8, 4) is 12.3 Å². The van der Waals surface area contributed by atoms with E-state index in [4.69, 9.17) is 10.9 Å². The van der Waals surface area contributed by atoms with Gasteiger partial charge in [-0.15, -0.1) is 12.3 Å². The normalized spacial score (nSPS) is 23.3. The lowest BCUT2D eigenvalue weighted by Crippen LogP contribution is -2.36. The van der Waals surface area contributed by atoms with Gasteiger partial charge in [0.25, 0.3) is 0 Å². The minimum atomic E-state index is -1.04. The zero-order valence-corrected chi connectivity index (χ0v) is 11.2. The van der Waals surface area contributed by atoms with Gasteiger partial charge in [-0.05, 0) is 0 Å². The molecule has 0 aliphatic carbocycles. The molecule has 6 nitrogen and oxygen atoms in total. The van der Waals surface area contributed by atoms with Gasteiger partial charge < -0.3 is 14.9 Å². The molecule has 2 rings (SSSR count). The molecule has 6 heteroatoms. The first-order valence-electron chi connectivity index (χ1n) is 6.03. The minimum Gasteiger partial charge on any atom is -0.371 e. The molecule has 0 spiro atoms. The van der Waals surface area contributed by atoms with Gasteiger partial charge in [0.05, 0.1) is 6.04 Å². The lowest BCUT2D eigenvalue weighted by Gasteiger charge is -2.17. The maximum Gasteiger partial charge on any atom is 0.325 e. The summed E-state index contributed by atoms with van der Waals surface area (Å²) in [4.78, 5) is 13.0. The van der Waals surface area contributed by atoms with Crippen molar-refractivity contribution in [2.45, 2.75) is 44.9 Å². The predicted molar refractivity (Wildman–Crippen MR) is 69.5 cm³/mol. The molecular weight excluding hydrogens is 246 g/mol. The number of rotatable bonds is 2. The molecule has 102 valence electrons. The Bertz CT molecular complexity index is 524. The van der Waals surface area contributed by atoms with E-state index in [1.54, 1.807) is 6.07 Å². The van der Waals surface area contributed by atoms with E-state index in [2.05, 4.69) is 16.4 Å². The van der Waals surface area contributed by atoms with Crippen LogP contribution in [0.4, 0.5) is 10.6 Å².